The summed E-state index contributed by atoms with van der Waals surface area (Å²) in [6, 6.07) is 0. The van der Waals surface area contributed by atoms with Crippen LogP contribution in [0.2, 0.25) is 0 Å². The highest BCUT2D eigenvalue weighted by atomic mass is 16.6. The van der Waals surface area contributed by atoms with Crippen molar-refractivity contribution >= 4 is 11.9 Å². The topological polar surface area (TPSA) is 123 Å². The lowest BCUT2D eigenvalue weighted by Crippen LogP contribution is -2.31. The van der Waals surface area contributed by atoms with E-state index in [-0.39, 0.29) is 18.0 Å². The first kappa shape index (κ1) is 56.6. The molecule has 1 unspecified atom stereocenters. The molecule has 59 heavy (non-hydrogen) atoms. The Hall–Kier alpha value is -2.36. The van der Waals surface area contributed by atoms with Gasteiger partial charge in [-0.05, 0) is 89.8 Å². The lowest BCUT2D eigenvalue weighted by atomic mass is 10.0. The van der Waals surface area contributed by atoms with E-state index < -0.39 is 4.92 Å². The van der Waals surface area contributed by atoms with Gasteiger partial charge in [-0.15, -0.1) is 0 Å². The molecule has 10 heteroatoms. The van der Waals surface area contributed by atoms with Crippen molar-refractivity contribution < 1.29 is 24.0 Å². The Morgan fingerprint density at radius 1 is 0.593 bits per heavy atom. The van der Waals surface area contributed by atoms with Crippen molar-refractivity contribution in [2.24, 2.45) is 5.92 Å². The first-order chi connectivity index (χ1) is 28.7. The van der Waals surface area contributed by atoms with Gasteiger partial charge in [0.2, 0.25) is 0 Å². The van der Waals surface area contributed by atoms with Crippen molar-refractivity contribution in [2.75, 3.05) is 39.8 Å². The zero-order valence-electron chi connectivity index (χ0n) is 39.4. The van der Waals surface area contributed by atoms with Crippen molar-refractivity contribution in [3.63, 3.8) is 0 Å². The number of nitrogens with zero attached hydrogens (tertiary/aromatic N) is 2. The van der Waals surface area contributed by atoms with Crippen LogP contribution in [0.1, 0.15) is 240 Å². The zero-order chi connectivity index (χ0) is 43.4. The fourth-order valence-corrected chi connectivity index (χ4v) is 7.73. The number of ether oxygens (including phenoxy) is 2. The highest BCUT2D eigenvalue weighted by molar-refractivity contribution is 5.69. The third kappa shape index (κ3) is 40.8. The molecule has 0 aliphatic rings. The summed E-state index contributed by atoms with van der Waals surface area (Å²) in [5.74, 6) is 0.806. The van der Waals surface area contributed by atoms with Crippen LogP contribution in [0.3, 0.4) is 0 Å². The van der Waals surface area contributed by atoms with Gasteiger partial charge < -0.3 is 25.0 Å². The molecule has 0 aromatic rings. The maximum Gasteiger partial charge on any atom is 0.306 e. The molecule has 0 aromatic heterocycles. The molecular weight excluding hydrogens is 741 g/mol. The van der Waals surface area contributed by atoms with Crippen LogP contribution in [0, 0.1) is 16.0 Å². The average Bonchev–Trinajstić information content (AvgIpc) is 3.22. The molecule has 10 nitrogen and oxygen atoms in total. The summed E-state index contributed by atoms with van der Waals surface area (Å²) in [6.07, 6.45) is 38.5. The second-order valence-electron chi connectivity index (χ2n) is 17.5. The number of carbonyl (C=O) groups excluding carboxylic acids is 2. The number of nitrogens with one attached hydrogen (secondary N) is 2. The molecule has 0 aliphatic carbocycles. The van der Waals surface area contributed by atoms with E-state index in [4.69, 9.17) is 9.47 Å². The van der Waals surface area contributed by atoms with Crippen LogP contribution < -0.4 is 10.6 Å². The highest BCUT2D eigenvalue weighted by Crippen LogP contribution is 2.19. The average molecular weight is 837 g/mol. The number of nitro groups is 1. The van der Waals surface area contributed by atoms with Gasteiger partial charge in [0.05, 0.1) is 11.5 Å². The Morgan fingerprint density at radius 3 is 1.51 bits per heavy atom. The molecule has 0 bridgehead atoms. The Bertz CT molecular complexity index is 980. The third-order valence-corrected chi connectivity index (χ3v) is 11.6. The third-order valence-electron chi connectivity index (χ3n) is 11.6. The second kappa shape index (κ2) is 43.7. The van der Waals surface area contributed by atoms with Gasteiger partial charge in [-0.2, -0.15) is 0 Å². The number of unbranched alkanes of at least 4 members (excludes halogenated alkanes) is 22. The van der Waals surface area contributed by atoms with Crippen LogP contribution in [0.15, 0.2) is 12.0 Å². The maximum atomic E-state index is 12.8. The van der Waals surface area contributed by atoms with E-state index in [9.17, 15) is 19.7 Å². The van der Waals surface area contributed by atoms with Crippen LogP contribution in [0.4, 0.5) is 0 Å². The van der Waals surface area contributed by atoms with Crippen molar-refractivity contribution in [1.82, 2.24) is 15.5 Å². The smallest absolute Gasteiger partial charge is 0.306 e. The normalized spacial score (nSPS) is 12.3. The molecule has 1 atom stereocenters. The summed E-state index contributed by atoms with van der Waals surface area (Å²) in [4.78, 5) is 38.1. The standard InChI is InChI=1S/C49H96N4O6/c1-6-9-12-15-20-27-35-46(36-28-21-16-13-10-7-2)59-49(55)38-30-23-18-25-32-41-52(42-33-39-51-47(50-5)43-53(56)57)40-31-24-17-22-29-37-48(54)58-44-45(4)34-26-19-14-11-8-3/h43,45-46,50-51H,6-42,44H2,1-5H3. The molecule has 0 rings (SSSR count). The minimum Gasteiger partial charge on any atom is -0.465 e. The fraction of sp³-hybridized carbons (Fsp3) is 0.918. The largest absolute Gasteiger partial charge is 0.465 e. The van der Waals surface area contributed by atoms with Gasteiger partial charge in [0, 0.05) is 26.4 Å². The number of esters is 2. The van der Waals surface area contributed by atoms with Crippen molar-refractivity contribution in [3.05, 3.63) is 22.1 Å². The highest BCUT2D eigenvalue weighted by Gasteiger charge is 2.15. The molecule has 348 valence electrons. The molecule has 0 radical (unpaired) electrons. The maximum absolute atomic E-state index is 12.8. The number of hydrogen-bond acceptors (Lipinski definition) is 9. The fourth-order valence-electron chi connectivity index (χ4n) is 7.73. The molecule has 0 aliphatic heterocycles. The minimum absolute atomic E-state index is 0.00499. The van der Waals surface area contributed by atoms with E-state index in [1.54, 1.807) is 7.05 Å². The van der Waals surface area contributed by atoms with Gasteiger partial charge in [-0.1, -0.05) is 163 Å². The van der Waals surface area contributed by atoms with Crippen molar-refractivity contribution in [2.45, 2.75) is 246 Å². The summed E-state index contributed by atoms with van der Waals surface area (Å²) in [6.45, 7) is 13.2. The van der Waals surface area contributed by atoms with Gasteiger partial charge in [0.15, 0.2) is 5.82 Å². The van der Waals surface area contributed by atoms with Gasteiger partial charge in [-0.25, -0.2) is 0 Å². The van der Waals surface area contributed by atoms with Crippen LogP contribution in [-0.4, -0.2) is 67.7 Å². The van der Waals surface area contributed by atoms with Gasteiger partial charge >= 0.3 is 11.9 Å². The van der Waals surface area contributed by atoms with Crippen LogP contribution in [-0.2, 0) is 19.1 Å². The number of rotatable bonds is 46. The first-order valence-corrected chi connectivity index (χ1v) is 25.1. The Morgan fingerprint density at radius 2 is 1.02 bits per heavy atom. The van der Waals surface area contributed by atoms with Gasteiger partial charge in [0.25, 0.3) is 6.20 Å². The predicted molar refractivity (Wildman–Crippen MR) is 248 cm³/mol. The van der Waals surface area contributed by atoms with E-state index in [1.165, 1.54) is 96.3 Å². The lowest BCUT2D eigenvalue weighted by molar-refractivity contribution is -0.404. The van der Waals surface area contributed by atoms with Crippen molar-refractivity contribution in [1.29, 1.82) is 0 Å². The lowest BCUT2D eigenvalue weighted by Gasteiger charge is -2.22. The summed E-state index contributed by atoms with van der Waals surface area (Å²) < 4.78 is 11.6. The van der Waals surface area contributed by atoms with Gasteiger partial charge in [-0.3, -0.25) is 19.7 Å². The molecule has 0 spiro atoms. The Labute approximate surface area is 364 Å². The van der Waals surface area contributed by atoms with E-state index in [0.29, 0.717) is 37.7 Å². The molecular formula is C49H96N4O6. The minimum atomic E-state index is -0.444. The van der Waals surface area contributed by atoms with E-state index in [1.807, 2.05) is 0 Å². The molecule has 0 aromatic carbocycles. The summed E-state index contributed by atoms with van der Waals surface area (Å²) in [5, 5.41) is 16.9. The van der Waals surface area contributed by atoms with E-state index >= 15 is 0 Å². The summed E-state index contributed by atoms with van der Waals surface area (Å²) in [7, 11) is 1.68. The van der Waals surface area contributed by atoms with Crippen LogP contribution >= 0.6 is 0 Å². The monoisotopic (exact) mass is 837 g/mol. The van der Waals surface area contributed by atoms with Crippen molar-refractivity contribution in [3.8, 4) is 0 Å². The van der Waals surface area contributed by atoms with Crippen LogP contribution in [0.25, 0.3) is 0 Å². The molecule has 2 N–H and O–H groups in total. The molecule has 0 amide bonds. The van der Waals surface area contributed by atoms with Gasteiger partial charge in [0.1, 0.15) is 6.10 Å². The zero-order valence-corrected chi connectivity index (χ0v) is 39.4. The van der Waals surface area contributed by atoms with E-state index in [0.717, 1.165) is 129 Å². The van der Waals surface area contributed by atoms with E-state index in [2.05, 4.69) is 43.2 Å². The molecule has 0 saturated carbocycles. The molecule has 0 saturated heterocycles. The first-order valence-electron chi connectivity index (χ1n) is 25.1. The molecule has 0 heterocycles. The second-order valence-corrected chi connectivity index (χ2v) is 17.5. The summed E-state index contributed by atoms with van der Waals surface area (Å²) in [5.41, 5.74) is 0. The number of carbonyl (C=O) groups is 2. The number of hydrogen-bond donors (Lipinski definition) is 2. The SMILES string of the molecule is CCCCCCCCC(CCCCCCCC)OC(=O)CCCCCCCN(CCCCCCCC(=O)OCC(C)CCCCCCC)CCCNC(=C[N+](=O)[O-])NC. The Kier molecular flexibility index (Phi) is 42.0. The quantitative estimate of drug-likeness (QED) is 0.0267. The Balaban J connectivity index is 4.53. The van der Waals surface area contributed by atoms with Crippen LogP contribution in [0.5, 0.6) is 0 Å². The molecule has 0 fully saturated rings. The predicted octanol–water partition coefficient (Wildman–Crippen LogP) is 13.2. The summed E-state index contributed by atoms with van der Waals surface area (Å²) >= 11 is 0.